The Labute approximate surface area is 232 Å². The number of fused-ring (bicyclic) bond motifs is 1. The molecule has 2 aromatic rings. The normalized spacial score (nSPS) is 21.3. The summed E-state index contributed by atoms with van der Waals surface area (Å²) in [5, 5.41) is 4.66. The maximum atomic E-state index is 6.38. The van der Waals surface area contributed by atoms with Gasteiger partial charge in [0.25, 0.3) is 0 Å². The lowest BCUT2D eigenvalue weighted by molar-refractivity contribution is -0.0378. The van der Waals surface area contributed by atoms with Crippen LogP contribution in [-0.4, -0.2) is 70.3 Å². The first kappa shape index (κ1) is 30.0. The molecule has 36 heavy (non-hydrogen) atoms. The molecule has 0 atom stereocenters. The van der Waals surface area contributed by atoms with E-state index in [0.717, 1.165) is 71.7 Å². The average molecular weight is 648 g/mol. The second kappa shape index (κ2) is 12.5. The van der Waals surface area contributed by atoms with Crippen LogP contribution >= 0.6 is 22.6 Å². The topological polar surface area (TPSA) is 87.1 Å². The largest absolute Gasteiger partial charge is 0.364 e. The van der Waals surface area contributed by atoms with Crippen molar-refractivity contribution in [1.82, 2.24) is 14.6 Å². The van der Waals surface area contributed by atoms with E-state index in [0.29, 0.717) is 19.4 Å². The van der Waals surface area contributed by atoms with Crippen LogP contribution in [0.1, 0.15) is 37.3 Å². The van der Waals surface area contributed by atoms with E-state index in [1.807, 2.05) is 10.7 Å². The highest BCUT2D eigenvalue weighted by Gasteiger charge is 2.33. The van der Waals surface area contributed by atoms with Gasteiger partial charge in [0.1, 0.15) is 25.0 Å². The first-order chi connectivity index (χ1) is 16.8. The Morgan fingerprint density at radius 1 is 1.06 bits per heavy atom. The molecule has 0 saturated heterocycles. The zero-order valence-electron chi connectivity index (χ0n) is 23.3. The molecule has 0 radical (unpaired) electrons. The van der Waals surface area contributed by atoms with Gasteiger partial charge in [0.15, 0.2) is 5.65 Å². The van der Waals surface area contributed by atoms with Gasteiger partial charge in [-0.1, -0.05) is 39.3 Å². The molecule has 2 N–H and O–H groups in total. The van der Waals surface area contributed by atoms with E-state index >= 15 is 0 Å². The number of rotatable bonds is 13. The third kappa shape index (κ3) is 8.74. The summed E-state index contributed by atoms with van der Waals surface area (Å²) >= 11 is 2.32. The lowest BCUT2D eigenvalue weighted by atomic mass is 9.82. The molecule has 1 aliphatic carbocycles. The molecule has 11 heteroatoms. The molecule has 0 bridgehead atoms. The van der Waals surface area contributed by atoms with Crippen LogP contribution in [0.25, 0.3) is 5.65 Å². The molecule has 0 aromatic carbocycles. The molecule has 1 fully saturated rings. The highest BCUT2D eigenvalue weighted by Crippen LogP contribution is 2.38. The van der Waals surface area contributed by atoms with Gasteiger partial charge in [-0.05, 0) is 60.4 Å². The van der Waals surface area contributed by atoms with E-state index in [2.05, 4.69) is 77.9 Å². The van der Waals surface area contributed by atoms with Crippen molar-refractivity contribution in [2.75, 3.05) is 38.7 Å². The maximum Gasteiger partial charge on any atom is 0.171 e. The van der Waals surface area contributed by atoms with Crippen LogP contribution in [0.3, 0.4) is 0 Å². The number of anilines is 1. The fourth-order valence-electron chi connectivity index (χ4n) is 4.25. The van der Waals surface area contributed by atoms with Crippen molar-refractivity contribution in [2.45, 2.75) is 88.7 Å². The third-order valence-corrected chi connectivity index (χ3v) is 11.1. The molecular formula is C25H46IN5O3Si2. The Hall–Kier alpha value is -0.576. The lowest BCUT2D eigenvalue weighted by Crippen LogP contribution is -2.44. The summed E-state index contributed by atoms with van der Waals surface area (Å²) in [4.78, 5) is 7.21. The highest BCUT2D eigenvalue weighted by molar-refractivity contribution is 14.1. The van der Waals surface area contributed by atoms with Crippen LogP contribution in [0, 0.1) is 3.57 Å². The molecule has 0 spiro atoms. The molecule has 0 amide bonds. The number of hydrogen-bond acceptors (Lipinski definition) is 7. The number of methoxy groups -OCH3 is 1. The Morgan fingerprint density at radius 2 is 1.61 bits per heavy atom. The van der Waals surface area contributed by atoms with E-state index in [1.54, 1.807) is 7.11 Å². The van der Waals surface area contributed by atoms with Gasteiger partial charge >= 0.3 is 0 Å². The molecule has 2 aromatic heterocycles. The first-order valence-corrected chi connectivity index (χ1v) is 21.6. The smallest absolute Gasteiger partial charge is 0.171 e. The number of halogens is 1. The molecule has 0 aliphatic heterocycles. The van der Waals surface area contributed by atoms with Gasteiger partial charge in [0, 0.05) is 54.1 Å². The molecule has 8 nitrogen and oxygen atoms in total. The summed E-state index contributed by atoms with van der Waals surface area (Å²) in [5.74, 6) is 1.31. The number of aromatic nitrogens is 3. The van der Waals surface area contributed by atoms with Gasteiger partial charge < -0.3 is 24.8 Å². The van der Waals surface area contributed by atoms with Crippen LogP contribution in [0.2, 0.25) is 51.4 Å². The Balaban J connectivity index is 1.85. The fraction of sp³-hybridized carbons (Fsp3) is 0.760. The summed E-state index contributed by atoms with van der Waals surface area (Å²) in [6, 6.07) is 4.45. The average Bonchev–Trinajstić information content (AvgIpc) is 3.17. The van der Waals surface area contributed by atoms with Gasteiger partial charge in [-0.3, -0.25) is 0 Å². The Kier molecular flexibility index (Phi) is 10.4. The molecule has 204 valence electrons. The van der Waals surface area contributed by atoms with Crippen LogP contribution < -0.4 is 10.6 Å². The second-order valence-electron chi connectivity index (χ2n) is 12.5. The fourth-order valence-corrected chi connectivity index (χ4v) is 6.24. The van der Waals surface area contributed by atoms with Gasteiger partial charge in [-0.2, -0.15) is 9.61 Å². The monoisotopic (exact) mass is 647 g/mol. The van der Waals surface area contributed by atoms with Crippen molar-refractivity contribution in [1.29, 1.82) is 0 Å². The summed E-state index contributed by atoms with van der Waals surface area (Å²) in [6.45, 7) is 16.7. The zero-order valence-corrected chi connectivity index (χ0v) is 27.4. The Morgan fingerprint density at radius 3 is 2.11 bits per heavy atom. The minimum Gasteiger partial charge on any atom is -0.364 e. The standard InChI is InChI=1S/C25H46IN5O3Si2/c1-32-25(27)10-8-20(9-11-25)22-16-23(31-24(29-22)21(26)17-28-31)30(18-33-12-14-35(2,3)4)19-34-13-15-36(5,6)7/h16-17,20H,8-15,18-19,27H2,1-7H3. The van der Waals surface area contributed by atoms with Crippen molar-refractivity contribution < 1.29 is 14.2 Å². The predicted octanol–water partition coefficient (Wildman–Crippen LogP) is 5.72. The maximum absolute atomic E-state index is 6.38. The van der Waals surface area contributed by atoms with Gasteiger partial charge in [0.2, 0.25) is 0 Å². The van der Waals surface area contributed by atoms with Crippen LogP contribution in [0.15, 0.2) is 12.3 Å². The lowest BCUT2D eigenvalue weighted by Gasteiger charge is -2.36. The van der Waals surface area contributed by atoms with Crippen LogP contribution in [0.5, 0.6) is 0 Å². The minimum absolute atomic E-state index is 0.341. The minimum atomic E-state index is -1.17. The SMILES string of the molecule is COC1(N)CCC(c2cc(N(COCC[Si](C)(C)C)COCC[Si](C)(C)C)n3ncc(I)c3n2)CC1. The van der Waals surface area contributed by atoms with E-state index in [-0.39, 0.29) is 0 Å². The molecular weight excluding hydrogens is 601 g/mol. The van der Waals surface area contributed by atoms with Crippen LogP contribution in [-0.2, 0) is 14.2 Å². The van der Waals surface area contributed by atoms with Crippen molar-refractivity contribution in [3.8, 4) is 0 Å². The van der Waals surface area contributed by atoms with Crippen molar-refractivity contribution >= 4 is 50.2 Å². The van der Waals surface area contributed by atoms with Gasteiger partial charge in [-0.15, -0.1) is 0 Å². The van der Waals surface area contributed by atoms with Gasteiger partial charge in [-0.25, -0.2) is 4.98 Å². The number of nitrogens with two attached hydrogens (primary N) is 1. The van der Waals surface area contributed by atoms with E-state index < -0.39 is 21.9 Å². The number of hydrogen-bond donors (Lipinski definition) is 1. The molecule has 1 aliphatic rings. The molecule has 1 saturated carbocycles. The molecule has 2 heterocycles. The predicted molar refractivity (Wildman–Crippen MR) is 161 cm³/mol. The Bertz CT molecular complexity index is 962. The van der Waals surface area contributed by atoms with Crippen molar-refractivity contribution in [3.63, 3.8) is 0 Å². The summed E-state index contributed by atoms with van der Waals surface area (Å²) in [7, 11) is -0.626. The second-order valence-corrected chi connectivity index (χ2v) is 25.0. The van der Waals surface area contributed by atoms with Crippen molar-refractivity contribution in [2.24, 2.45) is 5.73 Å². The van der Waals surface area contributed by atoms with E-state index in [9.17, 15) is 0 Å². The summed E-state index contributed by atoms with van der Waals surface area (Å²) in [6.07, 6.45) is 5.45. The highest BCUT2D eigenvalue weighted by atomic mass is 127. The summed E-state index contributed by atoms with van der Waals surface area (Å²) in [5.41, 5.74) is 7.83. The third-order valence-electron chi connectivity index (χ3n) is 6.90. The van der Waals surface area contributed by atoms with E-state index in [4.69, 9.17) is 24.9 Å². The number of ether oxygens (including phenoxy) is 3. The first-order valence-electron chi connectivity index (χ1n) is 13.1. The molecule has 3 rings (SSSR count). The van der Waals surface area contributed by atoms with Crippen molar-refractivity contribution in [3.05, 3.63) is 21.5 Å². The van der Waals surface area contributed by atoms with Gasteiger partial charge in [0.05, 0.1) is 9.77 Å². The quantitative estimate of drug-likeness (QED) is 0.129. The van der Waals surface area contributed by atoms with E-state index in [1.165, 1.54) is 0 Å². The summed E-state index contributed by atoms with van der Waals surface area (Å²) < 4.78 is 20.9. The van der Waals surface area contributed by atoms with Crippen LogP contribution in [0.4, 0.5) is 5.82 Å². The molecule has 0 unspecified atom stereocenters. The number of nitrogens with zero attached hydrogens (tertiary/aromatic N) is 4. The zero-order chi connectivity index (χ0) is 26.6.